The molecule has 1 aliphatic rings. The fourth-order valence-corrected chi connectivity index (χ4v) is 2.53. The van der Waals surface area contributed by atoms with Crippen LogP contribution in [0.2, 0.25) is 0 Å². The van der Waals surface area contributed by atoms with Crippen LogP contribution in [0.25, 0.3) is 0 Å². The van der Waals surface area contributed by atoms with Gasteiger partial charge in [-0.3, -0.25) is 4.79 Å². The minimum atomic E-state index is 0.115. The Hall–Kier alpha value is -1.75. The number of nitrogens with one attached hydrogen (secondary N) is 2. The van der Waals surface area contributed by atoms with Crippen molar-refractivity contribution in [1.82, 2.24) is 10.6 Å². The van der Waals surface area contributed by atoms with E-state index in [1.165, 1.54) is 0 Å². The summed E-state index contributed by atoms with van der Waals surface area (Å²) in [5.41, 5.74) is 1.05. The van der Waals surface area contributed by atoms with Crippen molar-refractivity contribution in [1.29, 1.82) is 0 Å². The second kappa shape index (κ2) is 7.88. The number of aryl methyl sites for hydroxylation is 1. The van der Waals surface area contributed by atoms with Gasteiger partial charge in [-0.1, -0.05) is 0 Å². The fourth-order valence-electron chi connectivity index (χ4n) is 2.53. The fraction of sp³-hybridized carbons (Fsp3) is 0.562. The molecule has 1 aliphatic heterocycles. The molecular weight excluding hydrogens is 268 g/mol. The minimum Gasteiger partial charge on any atom is -0.497 e. The standard InChI is InChI=1S/C16H24N2O3/c1-20-14-9-12(10-15(11-14)21-2)3-4-16(19)18-13-5-7-17-8-6-13/h9-11,13,17H,3-8H2,1-2H3,(H,18,19). The van der Waals surface area contributed by atoms with Gasteiger partial charge in [0.25, 0.3) is 0 Å². The Labute approximate surface area is 126 Å². The molecule has 0 aromatic heterocycles. The summed E-state index contributed by atoms with van der Waals surface area (Å²) in [6, 6.07) is 6.04. The molecule has 21 heavy (non-hydrogen) atoms. The van der Waals surface area contributed by atoms with E-state index in [-0.39, 0.29) is 5.91 Å². The maximum Gasteiger partial charge on any atom is 0.220 e. The van der Waals surface area contributed by atoms with Gasteiger partial charge in [-0.2, -0.15) is 0 Å². The topological polar surface area (TPSA) is 59.6 Å². The van der Waals surface area contributed by atoms with Gasteiger partial charge in [0, 0.05) is 18.5 Å². The number of hydrogen-bond acceptors (Lipinski definition) is 4. The number of rotatable bonds is 6. The highest BCUT2D eigenvalue weighted by Crippen LogP contribution is 2.23. The van der Waals surface area contributed by atoms with Gasteiger partial charge < -0.3 is 20.1 Å². The van der Waals surface area contributed by atoms with Gasteiger partial charge in [0.1, 0.15) is 11.5 Å². The summed E-state index contributed by atoms with van der Waals surface area (Å²) in [5.74, 6) is 1.62. The summed E-state index contributed by atoms with van der Waals surface area (Å²) in [5, 5.41) is 6.40. The molecule has 0 bridgehead atoms. The van der Waals surface area contributed by atoms with E-state index in [1.54, 1.807) is 14.2 Å². The first-order valence-corrected chi connectivity index (χ1v) is 7.43. The zero-order valence-electron chi connectivity index (χ0n) is 12.8. The third kappa shape index (κ3) is 4.93. The van der Waals surface area contributed by atoms with Crippen LogP contribution in [0.15, 0.2) is 18.2 Å². The highest BCUT2D eigenvalue weighted by Gasteiger charge is 2.15. The molecule has 0 aliphatic carbocycles. The second-order valence-electron chi connectivity index (χ2n) is 5.31. The lowest BCUT2D eigenvalue weighted by molar-refractivity contribution is -0.121. The SMILES string of the molecule is COc1cc(CCC(=O)NC2CCNCC2)cc(OC)c1. The lowest BCUT2D eigenvalue weighted by Gasteiger charge is -2.23. The number of ether oxygens (including phenoxy) is 2. The van der Waals surface area contributed by atoms with Gasteiger partial charge in [-0.15, -0.1) is 0 Å². The molecule has 1 aromatic rings. The molecule has 5 nitrogen and oxygen atoms in total. The van der Waals surface area contributed by atoms with Crippen LogP contribution in [0.1, 0.15) is 24.8 Å². The smallest absolute Gasteiger partial charge is 0.220 e. The first-order valence-electron chi connectivity index (χ1n) is 7.43. The molecule has 0 radical (unpaired) electrons. The van der Waals surface area contributed by atoms with Gasteiger partial charge in [0.15, 0.2) is 0 Å². The van der Waals surface area contributed by atoms with Crippen molar-refractivity contribution in [2.45, 2.75) is 31.7 Å². The van der Waals surface area contributed by atoms with E-state index < -0.39 is 0 Å². The van der Waals surface area contributed by atoms with Crippen molar-refractivity contribution in [3.63, 3.8) is 0 Å². The largest absolute Gasteiger partial charge is 0.497 e. The second-order valence-corrected chi connectivity index (χ2v) is 5.31. The Morgan fingerprint density at radius 2 is 1.81 bits per heavy atom. The predicted octanol–water partition coefficient (Wildman–Crippen LogP) is 1.50. The maximum absolute atomic E-state index is 12.0. The van der Waals surface area contributed by atoms with Crippen molar-refractivity contribution >= 4 is 5.91 Å². The highest BCUT2D eigenvalue weighted by molar-refractivity contribution is 5.76. The molecule has 1 saturated heterocycles. The third-order valence-electron chi connectivity index (χ3n) is 3.76. The number of hydrogen-bond donors (Lipinski definition) is 2. The van der Waals surface area contributed by atoms with Crippen LogP contribution in [0.3, 0.4) is 0 Å². The molecule has 5 heteroatoms. The van der Waals surface area contributed by atoms with Crippen LogP contribution < -0.4 is 20.1 Å². The molecule has 116 valence electrons. The number of benzene rings is 1. The van der Waals surface area contributed by atoms with E-state index in [0.29, 0.717) is 18.9 Å². The van der Waals surface area contributed by atoms with Crippen molar-refractivity contribution in [2.24, 2.45) is 0 Å². The first-order chi connectivity index (χ1) is 10.2. The van der Waals surface area contributed by atoms with Crippen LogP contribution in [0.4, 0.5) is 0 Å². The Kier molecular flexibility index (Phi) is 5.87. The van der Waals surface area contributed by atoms with Crippen LogP contribution in [0, 0.1) is 0 Å². The van der Waals surface area contributed by atoms with E-state index in [9.17, 15) is 4.79 Å². The minimum absolute atomic E-state index is 0.115. The molecule has 1 fully saturated rings. The summed E-state index contributed by atoms with van der Waals surface area (Å²) in [6.45, 7) is 1.97. The van der Waals surface area contributed by atoms with Gasteiger partial charge in [0.05, 0.1) is 14.2 Å². The lowest BCUT2D eigenvalue weighted by atomic mass is 10.1. The van der Waals surface area contributed by atoms with E-state index in [2.05, 4.69) is 10.6 Å². The molecule has 1 aromatic carbocycles. The number of carbonyl (C=O) groups excluding carboxylic acids is 1. The molecule has 1 amide bonds. The van der Waals surface area contributed by atoms with Crippen molar-refractivity contribution < 1.29 is 14.3 Å². The number of amides is 1. The van der Waals surface area contributed by atoms with E-state index in [1.807, 2.05) is 18.2 Å². The van der Waals surface area contributed by atoms with Crippen molar-refractivity contribution in [2.75, 3.05) is 27.3 Å². The third-order valence-corrected chi connectivity index (χ3v) is 3.76. The Balaban J connectivity index is 1.85. The summed E-state index contributed by atoms with van der Waals surface area (Å²) < 4.78 is 10.5. The summed E-state index contributed by atoms with van der Waals surface area (Å²) in [6.07, 6.45) is 3.20. The van der Waals surface area contributed by atoms with E-state index in [4.69, 9.17) is 9.47 Å². The Bertz CT molecular complexity index is 448. The zero-order valence-corrected chi connectivity index (χ0v) is 12.8. The lowest BCUT2D eigenvalue weighted by Crippen LogP contribution is -2.42. The summed E-state index contributed by atoms with van der Waals surface area (Å²) in [7, 11) is 3.25. The predicted molar refractivity (Wildman–Crippen MR) is 81.9 cm³/mol. The van der Waals surface area contributed by atoms with Crippen LogP contribution in [0.5, 0.6) is 11.5 Å². The zero-order chi connectivity index (χ0) is 15.1. The van der Waals surface area contributed by atoms with Crippen molar-refractivity contribution in [3.05, 3.63) is 23.8 Å². The van der Waals surface area contributed by atoms with Gasteiger partial charge in [-0.25, -0.2) is 0 Å². The molecule has 1 heterocycles. The first kappa shape index (κ1) is 15.6. The molecular formula is C16H24N2O3. The van der Waals surface area contributed by atoms with Crippen LogP contribution in [-0.4, -0.2) is 39.3 Å². The molecule has 0 atom stereocenters. The summed E-state index contributed by atoms with van der Waals surface area (Å²) in [4.78, 5) is 12.0. The highest BCUT2D eigenvalue weighted by atomic mass is 16.5. The van der Waals surface area contributed by atoms with E-state index >= 15 is 0 Å². The van der Waals surface area contributed by atoms with Crippen LogP contribution in [-0.2, 0) is 11.2 Å². The van der Waals surface area contributed by atoms with Gasteiger partial charge >= 0.3 is 0 Å². The maximum atomic E-state index is 12.0. The van der Waals surface area contributed by atoms with E-state index in [0.717, 1.165) is 43.0 Å². The Morgan fingerprint density at radius 3 is 2.38 bits per heavy atom. The van der Waals surface area contributed by atoms with Crippen molar-refractivity contribution in [3.8, 4) is 11.5 Å². The number of methoxy groups -OCH3 is 2. The average molecular weight is 292 g/mol. The molecule has 0 spiro atoms. The quantitative estimate of drug-likeness (QED) is 0.834. The molecule has 2 rings (SSSR count). The average Bonchev–Trinajstić information content (AvgIpc) is 2.53. The van der Waals surface area contributed by atoms with Gasteiger partial charge in [0.2, 0.25) is 5.91 Å². The Morgan fingerprint density at radius 1 is 1.19 bits per heavy atom. The normalized spacial score (nSPS) is 15.5. The van der Waals surface area contributed by atoms with Crippen LogP contribution >= 0.6 is 0 Å². The number of carbonyl (C=O) groups is 1. The summed E-state index contributed by atoms with van der Waals surface area (Å²) >= 11 is 0. The molecule has 0 saturated carbocycles. The molecule has 2 N–H and O–H groups in total. The molecule has 0 unspecified atom stereocenters. The monoisotopic (exact) mass is 292 g/mol. The van der Waals surface area contributed by atoms with Gasteiger partial charge in [-0.05, 0) is 50.0 Å². The number of piperidine rings is 1.